The molecular weight excluding hydrogens is 248 g/mol. The number of ether oxygens (including phenoxy) is 1. The molecule has 0 aromatic rings. The summed E-state index contributed by atoms with van der Waals surface area (Å²) in [6.07, 6.45) is 5.43. The van der Waals surface area contributed by atoms with E-state index in [-0.39, 0.29) is 22.5 Å². The van der Waals surface area contributed by atoms with Gasteiger partial charge in [-0.2, -0.15) is 0 Å². The first kappa shape index (κ1) is 15.1. The van der Waals surface area contributed by atoms with E-state index < -0.39 is 5.41 Å². The van der Waals surface area contributed by atoms with Gasteiger partial charge in [0.05, 0.1) is 18.8 Å². The van der Waals surface area contributed by atoms with Crippen LogP contribution in [-0.2, 0) is 9.53 Å². The highest BCUT2D eigenvalue weighted by molar-refractivity contribution is 5.96. The molecule has 3 aliphatic carbocycles. The molecule has 0 radical (unpaired) electrons. The van der Waals surface area contributed by atoms with Crippen LogP contribution in [0.2, 0.25) is 0 Å². The molecule has 110 valence electrons. The van der Waals surface area contributed by atoms with Gasteiger partial charge in [0.25, 0.3) is 0 Å². The van der Waals surface area contributed by atoms with Crippen molar-refractivity contribution in [2.24, 2.45) is 22.2 Å². The van der Waals surface area contributed by atoms with Crippen molar-refractivity contribution >= 4 is 5.78 Å². The fourth-order valence-corrected chi connectivity index (χ4v) is 4.69. The molecule has 2 heteroatoms. The van der Waals surface area contributed by atoms with Gasteiger partial charge in [0.1, 0.15) is 0 Å². The van der Waals surface area contributed by atoms with E-state index in [9.17, 15) is 4.79 Å². The summed E-state index contributed by atoms with van der Waals surface area (Å²) in [5.41, 5.74) is 1.03. The van der Waals surface area contributed by atoms with Crippen LogP contribution >= 0.6 is 0 Å². The van der Waals surface area contributed by atoms with Gasteiger partial charge in [-0.15, -0.1) is 6.58 Å². The van der Waals surface area contributed by atoms with Gasteiger partial charge in [-0.05, 0) is 30.8 Å². The van der Waals surface area contributed by atoms with E-state index in [4.69, 9.17) is 4.74 Å². The lowest BCUT2D eigenvalue weighted by Crippen LogP contribution is -2.63. The monoisotopic (exact) mass is 274 g/mol. The molecule has 3 atom stereocenters. The highest BCUT2D eigenvalue weighted by atomic mass is 16.5. The van der Waals surface area contributed by atoms with Crippen LogP contribution in [0.5, 0.6) is 0 Å². The maximum Gasteiger partial charge on any atom is 0.151 e. The Morgan fingerprint density at radius 3 is 2.50 bits per heavy atom. The molecule has 3 fully saturated rings. The number of ketones is 1. The van der Waals surface area contributed by atoms with Crippen molar-refractivity contribution < 1.29 is 9.53 Å². The zero-order chi connectivity index (χ0) is 15.3. The van der Waals surface area contributed by atoms with Crippen LogP contribution in [0.25, 0.3) is 0 Å². The van der Waals surface area contributed by atoms with E-state index in [1.54, 1.807) is 13.4 Å². The predicted octanol–water partition coefficient (Wildman–Crippen LogP) is 4.29. The second-order valence-corrected chi connectivity index (χ2v) is 7.04. The van der Waals surface area contributed by atoms with Gasteiger partial charge in [-0.25, -0.2) is 0 Å². The summed E-state index contributed by atoms with van der Waals surface area (Å²) in [4.78, 5) is 13.2. The van der Waals surface area contributed by atoms with Crippen LogP contribution < -0.4 is 0 Å². The Morgan fingerprint density at radius 2 is 2.00 bits per heavy atom. The minimum Gasteiger partial charge on any atom is -0.504 e. The minimum atomic E-state index is -0.668. The normalized spacial score (nSPS) is 39.9. The van der Waals surface area contributed by atoms with Crippen molar-refractivity contribution in [2.75, 3.05) is 7.11 Å². The van der Waals surface area contributed by atoms with Crippen molar-refractivity contribution in [3.05, 3.63) is 36.6 Å². The third-order valence-electron chi connectivity index (χ3n) is 6.05. The summed E-state index contributed by atoms with van der Waals surface area (Å²) in [5, 5.41) is 0. The maximum absolute atomic E-state index is 13.2. The molecule has 0 spiro atoms. The minimum absolute atomic E-state index is 0.0232. The van der Waals surface area contributed by atoms with Gasteiger partial charge in [-0.3, -0.25) is 4.79 Å². The number of methoxy groups -OCH3 is 1. The summed E-state index contributed by atoms with van der Waals surface area (Å²) in [6, 6.07) is 0. The summed E-state index contributed by atoms with van der Waals surface area (Å²) < 4.78 is 5.18. The fraction of sp³-hybridized carbons (Fsp3) is 0.611. The molecule has 0 heterocycles. The van der Waals surface area contributed by atoms with E-state index >= 15 is 0 Å². The van der Waals surface area contributed by atoms with E-state index in [0.717, 1.165) is 18.4 Å². The summed E-state index contributed by atoms with van der Waals surface area (Å²) >= 11 is 0. The third-order valence-corrected chi connectivity index (χ3v) is 6.05. The first-order valence-electron chi connectivity index (χ1n) is 7.28. The van der Waals surface area contributed by atoms with E-state index in [1.165, 1.54) is 5.57 Å². The van der Waals surface area contributed by atoms with Crippen molar-refractivity contribution in [1.29, 1.82) is 0 Å². The third kappa shape index (κ3) is 1.43. The first-order valence-corrected chi connectivity index (χ1v) is 7.28. The van der Waals surface area contributed by atoms with Crippen molar-refractivity contribution in [2.45, 2.75) is 40.5 Å². The molecule has 0 saturated heterocycles. The Morgan fingerprint density at radius 1 is 1.40 bits per heavy atom. The Balaban J connectivity index is 2.72. The van der Waals surface area contributed by atoms with Crippen LogP contribution in [0.3, 0.4) is 0 Å². The molecule has 3 unspecified atom stereocenters. The molecule has 0 amide bonds. The molecule has 0 aliphatic heterocycles. The lowest BCUT2D eigenvalue weighted by atomic mass is 9.38. The number of rotatable bonds is 3. The number of carbonyl (C=O) groups is 1. The van der Waals surface area contributed by atoms with Crippen molar-refractivity contribution in [3.8, 4) is 0 Å². The van der Waals surface area contributed by atoms with Gasteiger partial charge in [0, 0.05) is 11.3 Å². The predicted molar refractivity (Wildman–Crippen MR) is 82.2 cm³/mol. The summed E-state index contributed by atoms with van der Waals surface area (Å²) in [6.45, 7) is 16.8. The van der Waals surface area contributed by atoms with Gasteiger partial charge in [-0.1, -0.05) is 39.0 Å². The van der Waals surface area contributed by atoms with Crippen molar-refractivity contribution in [3.63, 3.8) is 0 Å². The number of Topliss-reactive ketones (excluding diaryl/α,β-unsaturated/α-hetero) is 1. The average Bonchev–Trinajstić information content (AvgIpc) is 2.37. The molecule has 2 nitrogen and oxygen atoms in total. The first-order chi connectivity index (χ1) is 9.20. The quantitative estimate of drug-likeness (QED) is 0.567. The number of hydrogen-bond donors (Lipinski definition) is 0. The van der Waals surface area contributed by atoms with E-state index in [2.05, 4.69) is 33.9 Å². The Hall–Kier alpha value is -1.31. The van der Waals surface area contributed by atoms with Crippen LogP contribution in [0.1, 0.15) is 40.5 Å². The van der Waals surface area contributed by atoms with E-state index in [1.807, 2.05) is 13.0 Å². The summed E-state index contributed by atoms with van der Waals surface area (Å²) in [7, 11) is 1.62. The SMILES string of the molecule is C=CC1(/C(C)=C/OC)C(=O)C2CCC1(C)C(=C)C2(C)C. The van der Waals surface area contributed by atoms with E-state index in [0.29, 0.717) is 0 Å². The second kappa shape index (κ2) is 4.34. The molecule has 0 N–H and O–H groups in total. The Kier molecular flexibility index (Phi) is 3.27. The van der Waals surface area contributed by atoms with Gasteiger partial charge in [0.15, 0.2) is 5.78 Å². The average molecular weight is 274 g/mol. The lowest BCUT2D eigenvalue weighted by Gasteiger charge is -2.63. The Labute approximate surface area is 122 Å². The van der Waals surface area contributed by atoms with Crippen LogP contribution in [-0.4, -0.2) is 12.9 Å². The van der Waals surface area contributed by atoms with Gasteiger partial charge < -0.3 is 4.74 Å². The lowest BCUT2D eigenvalue weighted by molar-refractivity contribution is -0.149. The molecule has 0 aromatic carbocycles. The second-order valence-electron chi connectivity index (χ2n) is 7.04. The molecule has 0 aromatic heterocycles. The zero-order valence-electron chi connectivity index (χ0n) is 13.4. The smallest absolute Gasteiger partial charge is 0.151 e. The molecule has 3 aliphatic rings. The number of allylic oxidation sites excluding steroid dienone is 3. The Bertz CT molecular complexity index is 512. The van der Waals surface area contributed by atoms with Crippen molar-refractivity contribution in [1.82, 2.24) is 0 Å². The molecule has 2 bridgehead atoms. The van der Waals surface area contributed by atoms with Crippen LogP contribution in [0.15, 0.2) is 36.6 Å². The highest BCUT2D eigenvalue weighted by Gasteiger charge is 2.67. The van der Waals surface area contributed by atoms with Crippen LogP contribution in [0, 0.1) is 22.2 Å². The van der Waals surface area contributed by atoms with Crippen LogP contribution in [0.4, 0.5) is 0 Å². The number of fused-ring (bicyclic) bond motifs is 3. The summed E-state index contributed by atoms with van der Waals surface area (Å²) in [5.74, 6) is 0.305. The number of carbonyl (C=O) groups excluding carboxylic acids is 1. The highest BCUT2D eigenvalue weighted by Crippen LogP contribution is 2.69. The van der Waals surface area contributed by atoms with Gasteiger partial charge in [0.2, 0.25) is 0 Å². The fourth-order valence-electron chi connectivity index (χ4n) is 4.69. The molecule has 3 saturated carbocycles. The molecular formula is C18H26O2. The largest absolute Gasteiger partial charge is 0.504 e. The molecule has 3 rings (SSSR count). The maximum atomic E-state index is 13.2. The molecule has 20 heavy (non-hydrogen) atoms. The zero-order valence-corrected chi connectivity index (χ0v) is 13.4. The number of hydrogen-bond acceptors (Lipinski definition) is 2. The topological polar surface area (TPSA) is 26.3 Å². The standard InChI is InChI=1S/C18H26O2/c1-8-18(12(2)11-20-7)15(19)14-9-10-17(18,6)13(3)16(14,4)5/h8,11,14H,1,3,9-10H2,2,4-7H3/b12-11+. The van der Waals surface area contributed by atoms with Gasteiger partial charge >= 0.3 is 0 Å².